The fraction of sp³-hybridized carbons (Fsp3) is 0.375. The van der Waals surface area contributed by atoms with Gasteiger partial charge in [0.15, 0.2) is 5.78 Å². The summed E-state index contributed by atoms with van der Waals surface area (Å²) < 4.78 is 0. The minimum atomic E-state index is 0.141. The Bertz CT molecular complexity index is 270. The van der Waals surface area contributed by atoms with Gasteiger partial charge < -0.3 is 0 Å². The lowest BCUT2D eigenvalue weighted by Gasteiger charge is -1.95. The Kier molecular flexibility index (Phi) is 4.12. The van der Waals surface area contributed by atoms with E-state index in [1.54, 1.807) is 17.8 Å². The Morgan fingerprint density at radius 1 is 1.75 bits per heavy atom. The van der Waals surface area contributed by atoms with Crippen LogP contribution < -0.4 is 0 Å². The molecule has 1 heterocycles. The predicted molar refractivity (Wildman–Crippen MR) is 56.7 cm³/mol. The molecule has 0 aliphatic rings. The van der Waals surface area contributed by atoms with Gasteiger partial charge in [-0.15, -0.1) is 11.3 Å². The summed E-state index contributed by atoms with van der Waals surface area (Å²) in [7, 11) is 0. The van der Waals surface area contributed by atoms with E-state index in [0.717, 1.165) is 5.75 Å². The summed E-state index contributed by atoms with van der Waals surface area (Å²) in [6.45, 7) is 2.04. The molecular formula is C8H9ClOS2. The Balaban J connectivity index is 2.59. The molecule has 0 radical (unpaired) electrons. The minimum Gasteiger partial charge on any atom is -0.292 e. The summed E-state index contributed by atoms with van der Waals surface area (Å²) in [5.41, 5.74) is 0. The fourth-order valence-corrected chi connectivity index (χ4v) is 2.48. The normalized spacial score (nSPS) is 10.2. The van der Waals surface area contributed by atoms with E-state index in [1.807, 2.05) is 12.3 Å². The van der Waals surface area contributed by atoms with Crippen LogP contribution in [0.1, 0.15) is 16.6 Å². The van der Waals surface area contributed by atoms with Gasteiger partial charge in [0, 0.05) is 0 Å². The molecule has 0 aliphatic carbocycles. The second-order valence-electron chi connectivity index (χ2n) is 2.16. The summed E-state index contributed by atoms with van der Waals surface area (Å²) in [6.07, 6.45) is 0. The van der Waals surface area contributed by atoms with Gasteiger partial charge in [-0.05, 0) is 17.2 Å². The lowest BCUT2D eigenvalue weighted by Crippen LogP contribution is -2.00. The molecule has 1 nitrogen and oxygen atoms in total. The van der Waals surface area contributed by atoms with Crippen molar-refractivity contribution in [1.29, 1.82) is 0 Å². The number of rotatable bonds is 4. The standard InChI is InChI=1S/C8H9ClOS2/c1-2-11-5-7(10)8-6(9)3-4-12-8/h3-4H,2,5H2,1H3. The first kappa shape index (κ1) is 10.1. The molecule has 0 saturated carbocycles. The van der Waals surface area contributed by atoms with Gasteiger partial charge in [-0.1, -0.05) is 18.5 Å². The molecule has 1 aromatic heterocycles. The number of hydrogen-bond acceptors (Lipinski definition) is 3. The molecular weight excluding hydrogens is 212 g/mol. The van der Waals surface area contributed by atoms with Gasteiger partial charge in [0.1, 0.15) is 0 Å². The SMILES string of the molecule is CCSCC(=O)c1sccc1Cl. The highest BCUT2D eigenvalue weighted by Crippen LogP contribution is 2.23. The summed E-state index contributed by atoms with van der Waals surface area (Å²) in [4.78, 5) is 12.1. The third kappa shape index (κ3) is 2.51. The highest BCUT2D eigenvalue weighted by atomic mass is 35.5. The van der Waals surface area contributed by atoms with Crippen LogP contribution in [0.15, 0.2) is 11.4 Å². The van der Waals surface area contributed by atoms with Crippen LogP contribution in [-0.2, 0) is 0 Å². The van der Waals surface area contributed by atoms with Crippen LogP contribution in [0, 0.1) is 0 Å². The summed E-state index contributed by atoms with van der Waals surface area (Å²) in [5.74, 6) is 1.65. The lowest BCUT2D eigenvalue weighted by atomic mass is 10.3. The first-order chi connectivity index (χ1) is 5.75. The number of thiophene rings is 1. The van der Waals surface area contributed by atoms with E-state index in [4.69, 9.17) is 11.6 Å². The van der Waals surface area contributed by atoms with Crippen molar-refractivity contribution < 1.29 is 4.79 Å². The van der Waals surface area contributed by atoms with Gasteiger partial charge >= 0.3 is 0 Å². The highest BCUT2D eigenvalue weighted by molar-refractivity contribution is 7.99. The number of thioether (sulfide) groups is 1. The average molecular weight is 221 g/mol. The first-order valence-electron chi connectivity index (χ1n) is 3.59. The maximum atomic E-state index is 11.4. The molecule has 1 aromatic rings. The van der Waals surface area contributed by atoms with Crippen molar-refractivity contribution in [2.24, 2.45) is 0 Å². The second kappa shape index (κ2) is 4.90. The van der Waals surface area contributed by atoms with E-state index in [1.165, 1.54) is 11.3 Å². The molecule has 12 heavy (non-hydrogen) atoms. The van der Waals surface area contributed by atoms with E-state index < -0.39 is 0 Å². The van der Waals surface area contributed by atoms with Gasteiger partial charge in [-0.3, -0.25) is 4.79 Å². The van der Waals surface area contributed by atoms with Crippen molar-refractivity contribution in [3.05, 3.63) is 21.3 Å². The number of halogens is 1. The van der Waals surface area contributed by atoms with Crippen LogP contribution in [-0.4, -0.2) is 17.3 Å². The monoisotopic (exact) mass is 220 g/mol. The quantitative estimate of drug-likeness (QED) is 0.724. The molecule has 0 fully saturated rings. The number of hydrogen-bond donors (Lipinski definition) is 0. The van der Waals surface area contributed by atoms with Crippen LogP contribution in [0.5, 0.6) is 0 Å². The average Bonchev–Trinajstić information content (AvgIpc) is 2.47. The van der Waals surface area contributed by atoms with E-state index in [0.29, 0.717) is 15.7 Å². The maximum Gasteiger partial charge on any atom is 0.184 e. The smallest absolute Gasteiger partial charge is 0.184 e. The fourth-order valence-electron chi connectivity index (χ4n) is 0.753. The summed E-state index contributed by atoms with van der Waals surface area (Å²) in [6, 6.07) is 1.76. The molecule has 0 unspecified atom stereocenters. The molecule has 0 aromatic carbocycles. The van der Waals surface area contributed by atoms with E-state index in [2.05, 4.69) is 0 Å². The summed E-state index contributed by atoms with van der Waals surface area (Å²) in [5, 5.41) is 2.42. The molecule has 1 rings (SSSR count). The number of ketones is 1. The van der Waals surface area contributed by atoms with Crippen molar-refractivity contribution in [3.8, 4) is 0 Å². The van der Waals surface area contributed by atoms with Gasteiger partial charge in [-0.2, -0.15) is 11.8 Å². The molecule has 4 heteroatoms. The third-order valence-corrected chi connectivity index (χ3v) is 3.56. The molecule has 0 N–H and O–H groups in total. The van der Waals surface area contributed by atoms with Crippen LogP contribution >= 0.6 is 34.7 Å². The van der Waals surface area contributed by atoms with Crippen LogP contribution in [0.2, 0.25) is 5.02 Å². The molecule has 0 atom stereocenters. The largest absolute Gasteiger partial charge is 0.292 e. The van der Waals surface area contributed by atoms with Crippen molar-refractivity contribution in [1.82, 2.24) is 0 Å². The third-order valence-electron chi connectivity index (χ3n) is 1.31. The van der Waals surface area contributed by atoms with Crippen LogP contribution in [0.4, 0.5) is 0 Å². The van der Waals surface area contributed by atoms with Crippen molar-refractivity contribution in [2.45, 2.75) is 6.92 Å². The zero-order chi connectivity index (χ0) is 8.97. The van der Waals surface area contributed by atoms with Gasteiger partial charge in [-0.25, -0.2) is 0 Å². The van der Waals surface area contributed by atoms with Gasteiger partial charge in [0.2, 0.25) is 0 Å². The van der Waals surface area contributed by atoms with Gasteiger partial charge in [0.05, 0.1) is 15.7 Å². The van der Waals surface area contributed by atoms with E-state index >= 15 is 0 Å². The van der Waals surface area contributed by atoms with Crippen molar-refractivity contribution in [3.63, 3.8) is 0 Å². The van der Waals surface area contributed by atoms with E-state index in [-0.39, 0.29) is 5.78 Å². The second-order valence-corrected chi connectivity index (χ2v) is 4.76. The lowest BCUT2D eigenvalue weighted by molar-refractivity contribution is 0.102. The zero-order valence-electron chi connectivity index (χ0n) is 6.67. The Hall–Kier alpha value is 0.01000. The molecule has 0 amide bonds. The molecule has 66 valence electrons. The highest BCUT2D eigenvalue weighted by Gasteiger charge is 2.10. The minimum absolute atomic E-state index is 0.141. The molecule has 0 bridgehead atoms. The summed E-state index contributed by atoms with van der Waals surface area (Å²) >= 11 is 8.83. The first-order valence-corrected chi connectivity index (χ1v) is 6.01. The molecule has 0 saturated heterocycles. The van der Waals surface area contributed by atoms with Crippen molar-refractivity contribution in [2.75, 3.05) is 11.5 Å². The van der Waals surface area contributed by atoms with E-state index in [9.17, 15) is 4.79 Å². The van der Waals surface area contributed by atoms with Gasteiger partial charge in [0.25, 0.3) is 0 Å². The predicted octanol–water partition coefficient (Wildman–Crippen LogP) is 3.34. The molecule has 0 spiro atoms. The topological polar surface area (TPSA) is 17.1 Å². The van der Waals surface area contributed by atoms with Crippen LogP contribution in [0.25, 0.3) is 0 Å². The zero-order valence-corrected chi connectivity index (χ0v) is 9.06. The maximum absolute atomic E-state index is 11.4. The number of Topliss-reactive ketones (excluding diaryl/α,β-unsaturated/α-hetero) is 1. The number of carbonyl (C=O) groups is 1. The van der Waals surface area contributed by atoms with Crippen molar-refractivity contribution >= 4 is 40.5 Å². The molecule has 0 aliphatic heterocycles. The Morgan fingerprint density at radius 2 is 2.50 bits per heavy atom. The Labute approximate surface area is 85.1 Å². The Morgan fingerprint density at radius 3 is 3.00 bits per heavy atom. The van der Waals surface area contributed by atoms with Crippen LogP contribution in [0.3, 0.4) is 0 Å². The number of carbonyl (C=O) groups excluding carboxylic acids is 1.